The molecule has 3 rings (SSSR count). The molecular weight excluding hydrogens is 369 g/mol. The average Bonchev–Trinajstić information content (AvgIpc) is 3.11. The highest BCUT2D eigenvalue weighted by atomic mass is 32.1. The van der Waals surface area contributed by atoms with E-state index in [9.17, 15) is 14.0 Å². The molecule has 0 unspecified atom stereocenters. The molecule has 1 aliphatic rings. The van der Waals surface area contributed by atoms with Crippen LogP contribution in [0.1, 0.15) is 5.56 Å². The molecule has 1 aliphatic heterocycles. The zero-order valence-electron chi connectivity index (χ0n) is 15.1. The fourth-order valence-electron chi connectivity index (χ4n) is 3.13. The Morgan fingerprint density at radius 1 is 1.56 bits per heavy atom. The molecule has 27 heavy (non-hydrogen) atoms. The number of nitrogens with zero attached hydrogens (tertiary/aromatic N) is 4. The molecule has 1 aromatic carbocycles. The number of rotatable bonds is 6. The molecule has 0 bridgehead atoms. The number of amides is 2. The Kier molecular flexibility index (Phi) is 5.83. The highest BCUT2D eigenvalue weighted by Gasteiger charge is 2.33. The SMILES string of the molecule is C=CCN(C)CC(=O)N1CC(=O)N(Cc2ccc(F)c3scnc23)C[C@@H]1N. The van der Waals surface area contributed by atoms with E-state index in [0.717, 1.165) is 5.56 Å². The van der Waals surface area contributed by atoms with Crippen LogP contribution in [0.4, 0.5) is 4.39 Å². The van der Waals surface area contributed by atoms with Gasteiger partial charge in [-0.3, -0.25) is 14.5 Å². The maximum atomic E-state index is 13.8. The molecule has 2 N–H and O–H groups in total. The number of carbonyl (C=O) groups is 2. The second-order valence-electron chi connectivity index (χ2n) is 6.59. The van der Waals surface area contributed by atoms with E-state index < -0.39 is 6.17 Å². The van der Waals surface area contributed by atoms with Gasteiger partial charge in [0.2, 0.25) is 11.8 Å². The van der Waals surface area contributed by atoms with Crippen molar-refractivity contribution in [2.45, 2.75) is 12.7 Å². The van der Waals surface area contributed by atoms with Gasteiger partial charge in [-0.2, -0.15) is 0 Å². The van der Waals surface area contributed by atoms with Crippen molar-refractivity contribution in [2.24, 2.45) is 5.73 Å². The monoisotopic (exact) mass is 391 g/mol. The quantitative estimate of drug-likeness (QED) is 0.743. The fourth-order valence-corrected chi connectivity index (χ4v) is 3.87. The van der Waals surface area contributed by atoms with Crippen LogP contribution in [0.2, 0.25) is 0 Å². The van der Waals surface area contributed by atoms with Crippen molar-refractivity contribution < 1.29 is 14.0 Å². The summed E-state index contributed by atoms with van der Waals surface area (Å²) in [4.78, 5) is 34.0. The Morgan fingerprint density at radius 2 is 2.33 bits per heavy atom. The standard InChI is InChI=1S/C18H22FN5O2S/c1-3-6-22(2)9-16(26)24-10-15(25)23(8-14(24)20)7-12-4-5-13(19)18-17(12)21-11-27-18/h3-5,11,14H,1,6-10,20H2,2H3/t14-/m1/s1. The number of hydrogen-bond acceptors (Lipinski definition) is 6. The molecule has 2 aromatic rings. The lowest BCUT2D eigenvalue weighted by molar-refractivity contribution is -0.149. The van der Waals surface area contributed by atoms with E-state index in [-0.39, 0.29) is 43.8 Å². The van der Waals surface area contributed by atoms with Crippen LogP contribution in [0.15, 0.2) is 30.3 Å². The first-order valence-electron chi connectivity index (χ1n) is 8.53. The number of hydrogen-bond donors (Lipinski definition) is 1. The van der Waals surface area contributed by atoms with Crippen molar-refractivity contribution in [2.75, 3.05) is 33.2 Å². The Morgan fingerprint density at radius 3 is 3.07 bits per heavy atom. The number of nitrogens with two attached hydrogens (primary N) is 1. The summed E-state index contributed by atoms with van der Waals surface area (Å²) >= 11 is 1.23. The third-order valence-corrected chi connectivity index (χ3v) is 5.35. The van der Waals surface area contributed by atoms with E-state index in [0.29, 0.717) is 16.8 Å². The lowest BCUT2D eigenvalue weighted by Gasteiger charge is -2.39. The number of halogens is 1. The molecule has 0 saturated carbocycles. The highest BCUT2D eigenvalue weighted by molar-refractivity contribution is 7.16. The van der Waals surface area contributed by atoms with E-state index in [4.69, 9.17) is 5.73 Å². The summed E-state index contributed by atoms with van der Waals surface area (Å²) in [6.45, 7) is 4.82. The zero-order chi connectivity index (χ0) is 19.6. The third-order valence-electron chi connectivity index (χ3n) is 4.51. The van der Waals surface area contributed by atoms with E-state index in [1.807, 2.05) is 0 Å². The topological polar surface area (TPSA) is 82.8 Å². The van der Waals surface area contributed by atoms with Crippen LogP contribution < -0.4 is 5.73 Å². The van der Waals surface area contributed by atoms with Gasteiger partial charge in [0.05, 0.1) is 35.0 Å². The normalized spacial score (nSPS) is 17.8. The Labute approximate surface area is 160 Å². The van der Waals surface area contributed by atoms with Crippen molar-refractivity contribution in [3.8, 4) is 0 Å². The van der Waals surface area contributed by atoms with Gasteiger partial charge in [0, 0.05) is 13.1 Å². The minimum Gasteiger partial charge on any atom is -0.333 e. The van der Waals surface area contributed by atoms with E-state index in [1.54, 1.807) is 34.5 Å². The first kappa shape index (κ1) is 19.4. The summed E-state index contributed by atoms with van der Waals surface area (Å²) < 4.78 is 14.3. The predicted octanol–water partition coefficient (Wildman–Crippen LogP) is 1.01. The zero-order valence-corrected chi connectivity index (χ0v) is 15.9. The summed E-state index contributed by atoms with van der Waals surface area (Å²) in [5, 5.41) is 0. The Bertz CT molecular complexity index is 871. The van der Waals surface area contributed by atoms with Gasteiger partial charge in [-0.15, -0.1) is 17.9 Å². The smallest absolute Gasteiger partial charge is 0.242 e. The first-order chi connectivity index (χ1) is 12.9. The van der Waals surface area contributed by atoms with Crippen molar-refractivity contribution >= 4 is 33.4 Å². The van der Waals surface area contributed by atoms with Gasteiger partial charge in [0.1, 0.15) is 12.4 Å². The highest BCUT2D eigenvalue weighted by Crippen LogP contribution is 2.26. The van der Waals surface area contributed by atoms with Crippen molar-refractivity contribution in [1.82, 2.24) is 19.7 Å². The van der Waals surface area contributed by atoms with Gasteiger partial charge < -0.3 is 15.5 Å². The number of aromatic nitrogens is 1. The Balaban J connectivity index is 1.69. The summed E-state index contributed by atoms with van der Waals surface area (Å²) in [5.74, 6) is -0.703. The van der Waals surface area contributed by atoms with Gasteiger partial charge in [0.15, 0.2) is 0 Å². The molecule has 144 valence electrons. The van der Waals surface area contributed by atoms with Crippen LogP contribution in [0.25, 0.3) is 10.2 Å². The lowest BCUT2D eigenvalue weighted by Crippen LogP contribution is -2.62. The summed E-state index contributed by atoms with van der Waals surface area (Å²) in [5.41, 5.74) is 9.06. The average molecular weight is 391 g/mol. The van der Waals surface area contributed by atoms with Gasteiger partial charge in [-0.05, 0) is 18.7 Å². The second kappa shape index (κ2) is 8.12. The predicted molar refractivity (Wildman–Crippen MR) is 102 cm³/mol. The molecule has 1 atom stereocenters. The minimum absolute atomic E-state index is 0.0661. The van der Waals surface area contributed by atoms with Crippen molar-refractivity contribution in [3.63, 3.8) is 0 Å². The van der Waals surface area contributed by atoms with Gasteiger partial charge in [-0.1, -0.05) is 12.1 Å². The number of fused-ring (bicyclic) bond motifs is 1. The summed E-state index contributed by atoms with van der Waals surface area (Å²) in [6, 6.07) is 3.02. The fraction of sp³-hybridized carbons (Fsp3) is 0.389. The third kappa shape index (κ3) is 4.15. The molecule has 0 aliphatic carbocycles. The minimum atomic E-state index is -0.585. The van der Waals surface area contributed by atoms with E-state index in [2.05, 4.69) is 11.6 Å². The number of thiazole rings is 1. The van der Waals surface area contributed by atoms with Crippen LogP contribution in [-0.4, -0.2) is 70.9 Å². The molecule has 2 amide bonds. The van der Waals surface area contributed by atoms with E-state index in [1.165, 1.54) is 22.3 Å². The Hall–Kier alpha value is -2.36. The number of benzene rings is 1. The van der Waals surface area contributed by atoms with Gasteiger partial charge in [-0.25, -0.2) is 9.37 Å². The van der Waals surface area contributed by atoms with Crippen molar-refractivity contribution in [1.29, 1.82) is 0 Å². The molecule has 0 spiro atoms. The summed E-state index contributed by atoms with van der Waals surface area (Å²) in [6.07, 6.45) is 1.12. The lowest BCUT2D eigenvalue weighted by atomic mass is 10.1. The molecular formula is C18H22FN5O2S. The molecule has 7 nitrogen and oxygen atoms in total. The largest absolute Gasteiger partial charge is 0.333 e. The van der Waals surface area contributed by atoms with Crippen LogP contribution in [0, 0.1) is 5.82 Å². The summed E-state index contributed by atoms with van der Waals surface area (Å²) in [7, 11) is 1.80. The van der Waals surface area contributed by atoms with Crippen LogP contribution in [0.3, 0.4) is 0 Å². The maximum Gasteiger partial charge on any atom is 0.242 e. The van der Waals surface area contributed by atoms with Crippen LogP contribution >= 0.6 is 11.3 Å². The number of piperazine rings is 1. The molecule has 0 radical (unpaired) electrons. The maximum absolute atomic E-state index is 13.8. The first-order valence-corrected chi connectivity index (χ1v) is 9.41. The number of carbonyl (C=O) groups excluding carboxylic acids is 2. The molecule has 1 saturated heterocycles. The van der Waals surface area contributed by atoms with Crippen LogP contribution in [0.5, 0.6) is 0 Å². The van der Waals surface area contributed by atoms with E-state index >= 15 is 0 Å². The van der Waals surface area contributed by atoms with Gasteiger partial charge >= 0.3 is 0 Å². The molecule has 9 heteroatoms. The second-order valence-corrected chi connectivity index (χ2v) is 7.44. The van der Waals surface area contributed by atoms with Gasteiger partial charge in [0.25, 0.3) is 0 Å². The van der Waals surface area contributed by atoms with Crippen molar-refractivity contribution in [3.05, 3.63) is 41.7 Å². The molecule has 2 heterocycles. The molecule has 1 fully saturated rings. The van der Waals surface area contributed by atoms with Crippen LogP contribution in [-0.2, 0) is 16.1 Å². The molecule has 1 aromatic heterocycles. The number of likely N-dealkylation sites (N-methyl/N-ethyl adjacent to an activating group) is 1.